The molecule has 164 valence electrons. The van der Waals surface area contributed by atoms with Gasteiger partial charge in [-0.2, -0.15) is 0 Å². The van der Waals surface area contributed by atoms with Crippen molar-refractivity contribution < 1.29 is 0 Å². The van der Waals surface area contributed by atoms with Crippen molar-refractivity contribution in [2.75, 3.05) is 0 Å². The summed E-state index contributed by atoms with van der Waals surface area (Å²) < 4.78 is 0. The highest BCUT2D eigenvalue weighted by Crippen LogP contribution is 2.31. The van der Waals surface area contributed by atoms with Gasteiger partial charge in [-0.05, 0) is 91.0 Å². The van der Waals surface area contributed by atoms with Crippen molar-refractivity contribution in [3.63, 3.8) is 0 Å². The molecule has 31 heavy (non-hydrogen) atoms. The molecule has 2 aromatic rings. The Hall–Kier alpha value is -2.12. The molecule has 1 aliphatic heterocycles. The van der Waals surface area contributed by atoms with Crippen molar-refractivity contribution in [2.45, 2.75) is 84.2 Å². The summed E-state index contributed by atoms with van der Waals surface area (Å²) in [5.74, 6) is 0.636. The first-order valence-electron chi connectivity index (χ1n) is 12.3. The molecule has 0 bridgehead atoms. The summed E-state index contributed by atoms with van der Waals surface area (Å²) in [4.78, 5) is 0. The molecule has 0 spiro atoms. The summed E-state index contributed by atoms with van der Waals surface area (Å²) in [5.41, 5.74) is 6.33. The SMILES string of the molecule is C1=c2c(ccc3c2=CCc2ccccc2-3)CCC1.CCC1(C)C=CC(C)C(C)(CC)N1. The highest BCUT2D eigenvalue weighted by Gasteiger charge is 2.37. The third-order valence-corrected chi connectivity index (χ3v) is 8.01. The van der Waals surface area contributed by atoms with Crippen molar-refractivity contribution >= 4 is 12.2 Å². The van der Waals surface area contributed by atoms with Crippen molar-refractivity contribution in [2.24, 2.45) is 5.92 Å². The van der Waals surface area contributed by atoms with E-state index >= 15 is 0 Å². The number of aryl methyl sites for hydroxylation is 1. The summed E-state index contributed by atoms with van der Waals surface area (Å²) in [6.07, 6.45) is 16.8. The summed E-state index contributed by atoms with van der Waals surface area (Å²) in [6.45, 7) is 11.4. The van der Waals surface area contributed by atoms with Gasteiger partial charge in [-0.3, -0.25) is 0 Å². The van der Waals surface area contributed by atoms with Crippen LogP contribution < -0.4 is 15.8 Å². The molecule has 1 heteroatoms. The maximum absolute atomic E-state index is 3.77. The predicted octanol–water partition coefficient (Wildman–Crippen LogP) is 5.93. The molecule has 0 amide bonds. The Morgan fingerprint density at radius 2 is 1.71 bits per heavy atom. The van der Waals surface area contributed by atoms with Crippen LogP contribution in [-0.2, 0) is 12.8 Å². The van der Waals surface area contributed by atoms with Crippen LogP contribution in [0.2, 0.25) is 0 Å². The second-order valence-corrected chi connectivity index (χ2v) is 10.1. The second kappa shape index (κ2) is 8.79. The van der Waals surface area contributed by atoms with Gasteiger partial charge in [0.1, 0.15) is 0 Å². The molecule has 0 saturated heterocycles. The van der Waals surface area contributed by atoms with Crippen LogP contribution in [-0.4, -0.2) is 11.1 Å². The van der Waals surface area contributed by atoms with Gasteiger partial charge in [0.15, 0.2) is 0 Å². The number of rotatable bonds is 2. The van der Waals surface area contributed by atoms with Crippen LogP contribution in [0.25, 0.3) is 23.3 Å². The van der Waals surface area contributed by atoms with E-state index < -0.39 is 0 Å². The van der Waals surface area contributed by atoms with Gasteiger partial charge < -0.3 is 5.32 Å². The minimum Gasteiger partial charge on any atom is -0.302 e. The molecule has 3 unspecified atom stereocenters. The van der Waals surface area contributed by atoms with E-state index in [1.165, 1.54) is 58.4 Å². The van der Waals surface area contributed by atoms with Crippen LogP contribution in [0.5, 0.6) is 0 Å². The van der Waals surface area contributed by atoms with Gasteiger partial charge in [0, 0.05) is 11.1 Å². The number of hydrogen-bond donors (Lipinski definition) is 1. The Labute approximate surface area is 189 Å². The van der Waals surface area contributed by atoms with E-state index in [1.54, 1.807) is 0 Å². The lowest BCUT2D eigenvalue weighted by Gasteiger charge is -2.46. The van der Waals surface area contributed by atoms with Gasteiger partial charge in [0.05, 0.1) is 0 Å². The van der Waals surface area contributed by atoms with Gasteiger partial charge in [-0.15, -0.1) is 0 Å². The lowest BCUT2D eigenvalue weighted by molar-refractivity contribution is 0.193. The Balaban J connectivity index is 0.000000159. The first-order valence-corrected chi connectivity index (χ1v) is 12.3. The molecule has 1 nitrogen and oxygen atoms in total. The van der Waals surface area contributed by atoms with Crippen LogP contribution in [0.1, 0.15) is 71.4 Å². The predicted molar refractivity (Wildman–Crippen MR) is 136 cm³/mol. The highest BCUT2D eigenvalue weighted by molar-refractivity contribution is 5.74. The molecule has 0 radical (unpaired) electrons. The Kier molecular flexibility index (Phi) is 6.26. The fraction of sp³-hybridized carbons (Fsp3) is 0.467. The smallest absolute Gasteiger partial charge is 0.0338 e. The highest BCUT2D eigenvalue weighted by atomic mass is 15.1. The van der Waals surface area contributed by atoms with Crippen molar-refractivity contribution in [3.8, 4) is 11.1 Å². The molecule has 2 aliphatic carbocycles. The van der Waals surface area contributed by atoms with Gasteiger partial charge in [0.2, 0.25) is 0 Å². The first-order chi connectivity index (χ1) is 14.9. The summed E-state index contributed by atoms with van der Waals surface area (Å²) in [6, 6.07) is 13.5. The molecule has 0 saturated carbocycles. The van der Waals surface area contributed by atoms with Crippen LogP contribution in [0.4, 0.5) is 0 Å². The lowest BCUT2D eigenvalue weighted by atomic mass is 9.76. The van der Waals surface area contributed by atoms with Gasteiger partial charge in [0.25, 0.3) is 0 Å². The van der Waals surface area contributed by atoms with Crippen molar-refractivity contribution in [1.82, 2.24) is 5.32 Å². The van der Waals surface area contributed by atoms with Crippen LogP contribution in [0, 0.1) is 5.92 Å². The van der Waals surface area contributed by atoms with E-state index in [2.05, 4.69) is 101 Å². The molecule has 2 aromatic carbocycles. The van der Waals surface area contributed by atoms with Gasteiger partial charge in [-0.25, -0.2) is 0 Å². The lowest BCUT2D eigenvalue weighted by Crippen LogP contribution is -2.59. The number of benzene rings is 2. The van der Waals surface area contributed by atoms with Crippen LogP contribution in [0.3, 0.4) is 0 Å². The Morgan fingerprint density at radius 3 is 2.48 bits per heavy atom. The maximum atomic E-state index is 3.77. The molecule has 0 fully saturated rings. The van der Waals surface area contributed by atoms with Gasteiger partial charge in [-0.1, -0.05) is 81.5 Å². The van der Waals surface area contributed by atoms with Crippen molar-refractivity contribution in [1.29, 1.82) is 0 Å². The van der Waals surface area contributed by atoms with E-state index in [0.717, 1.165) is 12.8 Å². The Morgan fingerprint density at radius 1 is 0.903 bits per heavy atom. The number of fused-ring (bicyclic) bond motifs is 5. The van der Waals surface area contributed by atoms with Crippen LogP contribution in [0.15, 0.2) is 48.6 Å². The third kappa shape index (κ3) is 4.30. The molecule has 3 aliphatic rings. The van der Waals surface area contributed by atoms with E-state index in [1.807, 2.05) is 0 Å². The van der Waals surface area contributed by atoms with E-state index in [0.29, 0.717) is 5.92 Å². The Bertz CT molecular complexity index is 1090. The first kappa shape index (κ1) is 22.1. The quantitative estimate of drug-likeness (QED) is 0.602. The molecular formula is C30H39N. The average molecular weight is 414 g/mol. The minimum absolute atomic E-state index is 0.206. The van der Waals surface area contributed by atoms with E-state index in [-0.39, 0.29) is 11.1 Å². The largest absolute Gasteiger partial charge is 0.302 e. The summed E-state index contributed by atoms with van der Waals surface area (Å²) >= 11 is 0. The monoisotopic (exact) mass is 413 g/mol. The van der Waals surface area contributed by atoms with Crippen LogP contribution >= 0.6 is 0 Å². The molecule has 1 heterocycles. The average Bonchev–Trinajstić information content (AvgIpc) is 2.82. The molecule has 0 aromatic heterocycles. The summed E-state index contributed by atoms with van der Waals surface area (Å²) in [5, 5.41) is 6.75. The maximum Gasteiger partial charge on any atom is 0.0338 e. The number of hydrogen-bond acceptors (Lipinski definition) is 1. The van der Waals surface area contributed by atoms with Gasteiger partial charge >= 0.3 is 0 Å². The zero-order valence-electron chi connectivity index (χ0n) is 20.1. The summed E-state index contributed by atoms with van der Waals surface area (Å²) in [7, 11) is 0. The van der Waals surface area contributed by atoms with E-state index in [9.17, 15) is 0 Å². The third-order valence-electron chi connectivity index (χ3n) is 8.01. The molecule has 3 atom stereocenters. The van der Waals surface area contributed by atoms with E-state index in [4.69, 9.17) is 0 Å². The number of nitrogens with one attached hydrogen (secondary N) is 1. The zero-order valence-corrected chi connectivity index (χ0v) is 20.1. The molecule has 1 N–H and O–H groups in total. The zero-order chi connectivity index (χ0) is 22.1. The minimum atomic E-state index is 0.206. The molecule has 5 rings (SSSR count). The fourth-order valence-corrected chi connectivity index (χ4v) is 5.30. The topological polar surface area (TPSA) is 12.0 Å². The fourth-order valence-electron chi connectivity index (χ4n) is 5.30. The van der Waals surface area contributed by atoms with Crippen molar-refractivity contribution in [3.05, 3.63) is 70.1 Å². The second-order valence-electron chi connectivity index (χ2n) is 10.1. The normalized spacial score (nSPS) is 28.1. The standard InChI is InChI=1S/C18H16.C12H23N/c1-3-7-15-13(5-1)9-11-18-16-8-4-2-6-14(16)10-12-17(15)18;1-6-11(4)9-8-10(3)12(5,7-2)13-11/h1,3,5,7-8,10-12H,2,4,6,9H2;8-10,13H,6-7H2,1-5H3. The molecular weight excluding hydrogens is 374 g/mol.